The standard InChI is InChI=1S/C18H15N3O3/c1-2-24-18(23)12-6-8-13(9-7-12)21-17(22)14-4-3-5-15-16(14)20-11-10-19-15/h3-11H,2H2,1H3,(H,21,22). The minimum absolute atomic E-state index is 0.287. The lowest BCUT2D eigenvalue weighted by Crippen LogP contribution is -2.13. The molecule has 0 saturated carbocycles. The predicted molar refractivity (Wildman–Crippen MR) is 89.9 cm³/mol. The molecule has 0 saturated heterocycles. The van der Waals surface area contributed by atoms with E-state index in [0.717, 1.165) is 0 Å². The number of hydrogen-bond acceptors (Lipinski definition) is 5. The van der Waals surface area contributed by atoms with Crippen molar-refractivity contribution in [3.8, 4) is 0 Å². The highest BCUT2D eigenvalue weighted by molar-refractivity contribution is 6.11. The van der Waals surface area contributed by atoms with Crippen LogP contribution in [-0.2, 0) is 4.74 Å². The van der Waals surface area contributed by atoms with Gasteiger partial charge in [0, 0.05) is 18.1 Å². The first-order valence-corrected chi connectivity index (χ1v) is 7.47. The van der Waals surface area contributed by atoms with Crippen LogP contribution in [0, 0.1) is 0 Å². The Bertz CT molecular complexity index is 886. The Labute approximate surface area is 138 Å². The second-order valence-corrected chi connectivity index (χ2v) is 4.98. The second kappa shape index (κ2) is 6.87. The maximum absolute atomic E-state index is 12.5. The average molecular weight is 321 g/mol. The molecule has 0 atom stereocenters. The van der Waals surface area contributed by atoms with Crippen molar-refractivity contribution in [1.29, 1.82) is 0 Å². The summed E-state index contributed by atoms with van der Waals surface area (Å²) in [5, 5.41) is 2.79. The molecule has 1 N–H and O–H groups in total. The van der Waals surface area contributed by atoms with Gasteiger partial charge >= 0.3 is 5.97 Å². The Kier molecular flexibility index (Phi) is 4.47. The molecule has 1 amide bonds. The van der Waals surface area contributed by atoms with Gasteiger partial charge in [-0.2, -0.15) is 0 Å². The molecule has 3 aromatic rings. The topological polar surface area (TPSA) is 81.2 Å². The van der Waals surface area contributed by atoms with Crippen LogP contribution in [0.5, 0.6) is 0 Å². The molecule has 1 aromatic heterocycles. The summed E-state index contributed by atoms with van der Waals surface area (Å²) in [6.45, 7) is 2.07. The molecule has 1 heterocycles. The van der Waals surface area contributed by atoms with Crippen LogP contribution in [0.15, 0.2) is 54.9 Å². The highest BCUT2D eigenvalue weighted by Gasteiger charge is 2.12. The molecule has 0 spiro atoms. The van der Waals surface area contributed by atoms with E-state index in [4.69, 9.17) is 4.74 Å². The molecular weight excluding hydrogens is 306 g/mol. The number of para-hydroxylation sites is 1. The SMILES string of the molecule is CCOC(=O)c1ccc(NC(=O)c2cccc3nccnc23)cc1. The van der Waals surface area contributed by atoms with E-state index in [9.17, 15) is 9.59 Å². The number of anilines is 1. The van der Waals surface area contributed by atoms with Gasteiger partial charge in [0.2, 0.25) is 0 Å². The molecule has 2 aromatic carbocycles. The Morgan fingerprint density at radius 2 is 1.79 bits per heavy atom. The fraction of sp³-hybridized carbons (Fsp3) is 0.111. The Balaban J connectivity index is 1.80. The van der Waals surface area contributed by atoms with E-state index in [1.54, 1.807) is 61.8 Å². The smallest absolute Gasteiger partial charge is 0.338 e. The van der Waals surface area contributed by atoms with Crippen molar-refractivity contribution in [3.05, 3.63) is 66.0 Å². The van der Waals surface area contributed by atoms with E-state index < -0.39 is 0 Å². The van der Waals surface area contributed by atoms with Crippen LogP contribution < -0.4 is 5.32 Å². The number of carbonyl (C=O) groups excluding carboxylic acids is 2. The lowest BCUT2D eigenvalue weighted by molar-refractivity contribution is 0.0526. The van der Waals surface area contributed by atoms with Crippen LogP contribution in [0.1, 0.15) is 27.6 Å². The van der Waals surface area contributed by atoms with Gasteiger partial charge in [-0.05, 0) is 43.3 Å². The van der Waals surface area contributed by atoms with E-state index >= 15 is 0 Å². The first kappa shape index (κ1) is 15.6. The van der Waals surface area contributed by atoms with Crippen LogP contribution in [-0.4, -0.2) is 28.5 Å². The number of nitrogens with one attached hydrogen (secondary N) is 1. The summed E-state index contributed by atoms with van der Waals surface area (Å²) < 4.78 is 4.92. The van der Waals surface area contributed by atoms with E-state index in [2.05, 4.69) is 15.3 Å². The Morgan fingerprint density at radius 1 is 1.04 bits per heavy atom. The number of carbonyl (C=O) groups is 2. The molecule has 0 unspecified atom stereocenters. The van der Waals surface area contributed by atoms with Gasteiger partial charge in [0.1, 0.15) is 5.52 Å². The van der Waals surface area contributed by atoms with Crippen LogP contribution in [0.3, 0.4) is 0 Å². The summed E-state index contributed by atoms with van der Waals surface area (Å²) in [7, 11) is 0. The highest BCUT2D eigenvalue weighted by Crippen LogP contribution is 2.17. The molecule has 0 radical (unpaired) electrons. The molecule has 6 nitrogen and oxygen atoms in total. The number of ether oxygens (including phenoxy) is 1. The monoisotopic (exact) mass is 321 g/mol. The van der Waals surface area contributed by atoms with Crippen LogP contribution in [0.2, 0.25) is 0 Å². The van der Waals surface area contributed by atoms with Crippen molar-refractivity contribution in [2.75, 3.05) is 11.9 Å². The van der Waals surface area contributed by atoms with Gasteiger partial charge in [0.25, 0.3) is 5.91 Å². The first-order chi connectivity index (χ1) is 11.7. The van der Waals surface area contributed by atoms with Crippen LogP contribution in [0.25, 0.3) is 11.0 Å². The molecule has 24 heavy (non-hydrogen) atoms. The summed E-state index contributed by atoms with van der Waals surface area (Å²) in [4.78, 5) is 32.5. The number of nitrogens with zero attached hydrogens (tertiary/aromatic N) is 2. The maximum atomic E-state index is 12.5. The van der Waals surface area contributed by atoms with Gasteiger partial charge in [-0.15, -0.1) is 0 Å². The molecule has 120 valence electrons. The van der Waals surface area contributed by atoms with Crippen molar-refractivity contribution >= 4 is 28.6 Å². The molecule has 6 heteroatoms. The fourth-order valence-electron chi connectivity index (χ4n) is 2.28. The summed E-state index contributed by atoms with van der Waals surface area (Å²) >= 11 is 0. The number of hydrogen-bond donors (Lipinski definition) is 1. The van der Waals surface area contributed by atoms with Gasteiger partial charge in [-0.3, -0.25) is 14.8 Å². The minimum atomic E-state index is -0.389. The molecule has 0 fully saturated rings. The van der Waals surface area contributed by atoms with Gasteiger partial charge in [0.05, 0.1) is 23.3 Å². The summed E-state index contributed by atoms with van der Waals surface area (Å²) in [6.07, 6.45) is 3.13. The lowest BCUT2D eigenvalue weighted by atomic mass is 10.1. The summed E-state index contributed by atoms with van der Waals surface area (Å²) in [5.74, 6) is -0.676. The third kappa shape index (κ3) is 3.22. The Morgan fingerprint density at radius 3 is 2.54 bits per heavy atom. The molecular formula is C18H15N3O3. The zero-order valence-corrected chi connectivity index (χ0v) is 13.0. The number of aromatic nitrogens is 2. The zero-order chi connectivity index (χ0) is 16.9. The third-order valence-corrected chi connectivity index (χ3v) is 3.40. The second-order valence-electron chi connectivity index (χ2n) is 4.98. The normalized spacial score (nSPS) is 10.4. The van der Waals surface area contributed by atoms with E-state index in [-0.39, 0.29) is 11.9 Å². The lowest BCUT2D eigenvalue weighted by Gasteiger charge is -2.08. The number of esters is 1. The number of amides is 1. The minimum Gasteiger partial charge on any atom is -0.462 e. The number of fused-ring (bicyclic) bond motifs is 1. The first-order valence-electron chi connectivity index (χ1n) is 7.47. The van der Waals surface area contributed by atoms with E-state index in [1.165, 1.54) is 0 Å². The van der Waals surface area contributed by atoms with Gasteiger partial charge in [-0.1, -0.05) is 6.07 Å². The van der Waals surface area contributed by atoms with Crippen molar-refractivity contribution in [2.24, 2.45) is 0 Å². The molecule has 0 aliphatic carbocycles. The van der Waals surface area contributed by atoms with Crippen molar-refractivity contribution in [1.82, 2.24) is 9.97 Å². The molecule has 0 aliphatic rings. The van der Waals surface area contributed by atoms with Crippen molar-refractivity contribution in [2.45, 2.75) is 6.92 Å². The maximum Gasteiger partial charge on any atom is 0.338 e. The third-order valence-electron chi connectivity index (χ3n) is 3.40. The summed E-state index contributed by atoms with van der Waals surface area (Å²) in [5.41, 5.74) is 2.65. The van der Waals surface area contributed by atoms with E-state index in [1.807, 2.05) is 0 Å². The van der Waals surface area contributed by atoms with Gasteiger partial charge in [0.15, 0.2) is 0 Å². The quantitative estimate of drug-likeness (QED) is 0.747. The fourth-order valence-corrected chi connectivity index (χ4v) is 2.28. The number of benzene rings is 2. The summed E-state index contributed by atoms with van der Waals surface area (Å²) in [6, 6.07) is 11.8. The average Bonchev–Trinajstić information content (AvgIpc) is 2.62. The van der Waals surface area contributed by atoms with Gasteiger partial charge in [-0.25, -0.2) is 4.79 Å². The molecule has 3 rings (SSSR count). The largest absolute Gasteiger partial charge is 0.462 e. The van der Waals surface area contributed by atoms with E-state index in [0.29, 0.717) is 34.5 Å². The zero-order valence-electron chi connectivity index (χ0n) is 13.0. The highest BCUT2D eigenvalue weighted by atomic mass is 16.5. The Hall–Kier alpha value is -3.28. The molecule has 0 aliphatic heterocycles. The number of rotatable bonds is 4. The molecule has 0 bridgehead atoms. The van der Waals surface area contributed by atoms with Crippen molar-refractivity contribution in [3.63, 3.8) is 0 Å². The predicted octanol–water partition coefficient (Wildman–Crippen LogP) is 3.06. The van der Waals surface area contributed by atoms with Crippen LogP contribution in [0.4, 0.5) is 5.69 Å². The van der Waals surface area contributed by atoms with Gasteiger partial charge < -0.3 is 10.1 Å². The van der Waals surface area contributed by atoms with Crippen molar-refractivity contribution < 1.29 is 14.3 Å². The van der Waals surface area contributed by atoms with Crippen LogP contribution >= 0.6 is 0 Å².